The number of carboxylic acid groups (broad SMARTS) is 1. The van der Waals surface area contributed by atoms with E-state index < -0.39 is 5.97 Å². The van der Waals surface area contributed by atoms with Crippen LogP contribution in [0, 0.1) is 0 Å². The summed E-state index contributed by atoms with van der Waals surface area (Å²) in [5, 5.41) is 18.2. The Balaban J connectivity index is 1.92. The zero-order valence-electron chi connectivity index (χ0n) is 11.1. The molecule has 1 aliphatic heterocycles. The van der Waals surface area contributed by atoms with Crippen molar-refractivity contribution in [2.45, 2.75) is 13.0 Å². The fourth-order valence-corrected chi connectivity index (χ4v) is 2.38. The number of β-amino-alcohol motifs (C(OH)–C–C–N with tert-alkyl or cyclic N) is 1. The molecule has 2 rings (SSSR count). The highest BCUT2D eigenvalue weighted by Gasteiger charge is 2.18. The number of carboxylic acids is 1. The van der Waals surface area contributed by atoms with E-state index in [4.69, 9.17) is 5.11 Å². The van der Waals surface area contributed by atoms with Crippen molar-refractivity contribution in [2.24, 2.45) is 0 Å². The van der Waals surface area contributed by atoms with Crippen LogP contribution >= 0.6 is 0 Å². The summed E-state index contributed by atoms with van der Waals surface area (Å²) in [6.45, 7) is 6.16. The van der Waals surface area contributed by atoms with E-state index in [9.17, 15) is 9.90 Å². The van der Waals surface area contributed by atoms with Gasteiger partial charge in [-0.2, -0.15) is 0 Å². The van der Waals surface area contributed by atoms with Crippen LogP contribution in [-0.2, 0) is 0 Å². The van der Waals surface area contributed by atoms with Crippen molar-refractivity contribution in [1.82, 2.24) is 4.90 Å². The van der Waals surface area contributed by atoms with E-state index in [2.05, 4.69) is 9.80 Å². The highest BCUT2D eigenvalue weighted by atomic mass is 16.4. The lowest BCUT2D eigenvalue weighted by Crippen LogP contribution is -2.48. The molecule has 1 unspecified atom stereocenters. The van der Waals surface area contributed by atoms with Crippen LogP contribution in [0.3, 0.4) is 0 Å². The quantitative estimate of drug-likeness (QED) is 0.845. The van der Waals surface area contributed by atoms with Crippen LogP contribution in [0.15, 0.2) is 24.3 Å². The average Bonchev–Trinajstić information content (AvgIpc) is 2.39. The fraction of sp³-hybridized carbons (Fsp3) is 0.500. The van der Waals surface area contributed by atoms with E-state index >= 15 is 0 Å². The summed E-state index contributed by atoms with van der Waals surface area (Å²) in [4.78, 5) is 15.3. The zero-order chi connectivity index (χ0) is 13.8. The Morgan fingerprint density at radius 1 is 1.21 bits per heavy atom. The number of aromatic carboxylic acids is 1. The second-order valence-electron chi connectivity index (χ2n) is 4.99. The van der Waals surface area contributed by atoms with E-state index in [-0.39, 0.29) is 6.10 Å². The van der Waals surface area contributed by atoms with Gasteiger partial charge in [0, 0.05) is 38.4 Å². The Hall–Kier alpha value is -1.59. The molecule has 1 heterocycles. The van der Waals surface area contributed by atoms with Gasteiger partial charge in [0.2, 0.25) is 0 Å². The predicted molar refractivity (Wildman–Crippen MR) is 73.7 cm³/mol. The van der Waals surface area contributed by atoms with Gasteiger partial charge in [-0.15, -0.1) is 0 Å². The third kappa shape index (κ3) is 3.68. The van der Waals surface area contributed by atoms with Gasteiger partial charge in [0.1, 0.15) is 0 Å². The van der Waals surface area contributed by atoms with Crippen molar-refractivity contribution < 1.29 is 15.0 Å². The first kappa shape index (κ1) is 13.8. The number of carbonyl (C=O) groups is 1. The minimum absolute atomic E-state index is 0.290. The van der Waals surface area contributed by atoms with Gasteiger partial charge in [-0.25, -0.2) is 4.79 Å². The van der Waals surface area contributed by atoms with Gasteiger partial charge in [0.05, 0.1) is 11.7 Å². The number of hydrogen-bond acceptors (Lipinski definition) is 4. The zero-order valence-corrected chi connectivity index (χ0v) is 11.1. The number of nitrogens with zero attached hydrogens (tertiary/aromatic N) is 2. The molecule has 1 aromatic rings. The van der Waals surface area contributed by atoms with Crippen LogP contribution < -0.4 is 4.90 Å². The first-order valence-corrected chi connectivity index (χ1v) is 6.55. The molecule has 1 saturated heterocycles. The topological polar surface area (TPSA) is 64.0 Å². The number of benzene rings is 1. The first-order chi connectivity index (χ1) is 9.06. The van der Waals surface area contributed by atoms with E-state index in [1.165, 1.54) is 0 Å². The number of anilines is 1. The van der Waals surface area contributed by atoms with Crippen molar-refractivity contribution in [3.63, 3.8) is 0 Å². The molecule has 5 nitrogen and oxygen atoms in total. The molecular formula is C14H20N2O3. The SMILES string of the molecule is CC(O)CN1CCN(c2ccc(C(=O)O)cc2)CC1. The lowest BCUT2D eigenvalue weighted by molar-refractivity contribution is 0.0697. The fourth-order valence-electron chi connectivity index (χ4n) is 2.38. The molecule has 5 heteroatoms. The van der Waals surface area contributed by atoms with Gasteiger partial charge in [0.15, 0.2) is 0 Å². The Morgan fingerprint density at radius 3 is 2.26 bits per heavy atom. The molecule has 2 N–H and O–H groups in total. The van der Waals surface area contributed by atoms with Crippen LogP contribution in [0.2, 0.25) is 0 Å². The third-order valence-electron chi connectivity index (χ3n) is 3.37. The lowest BCUT2D eigenvalue weighted by atomic mass is 10.2. The Bertz CT molecular complexity index is 423. The third-order valence-corrected chi connectivity index (χ3v) is 3.37. The van der Waals surface area contributed by atoms with Gasteiger partial charge < -0.3 is 15.1 Å². The summed E-state index contributed by atoms with van der Waals surface area (Å²) < 4.78 is 0. The number of aliphatic hydroxyl groups is 1. The number of piperazine rings is 1. The summed E-state index contributed by atoms with van der Waals surface area (Å²) in [5.74, 6) is -0.895. The first-order valence-electron chi connectivity index (χ1n) is 6.55. The van der Waals surface area contributed by atoms with Gasteiger partial charge in [-0.05, 0) is 31.2 Å². The van der Waals surface area contributed by atoms with Gasteiger partial charge >= 0.3 is 5.97 Å². The van der Waals surface area contributed by atoms with E-state index in [1.807, 2.05) is 12.1 Å². The molecule has 104 valence electrons. The Kier molecular flexibility index (Phi) is 4.39. The molecule has 0 radical (unpaired) electrons. The normalized spacial score (nSPS) is 18.3. The number of hydrogen-bond donors (Lipinski definition) is 2. The summed E-state index contributed by atoms with van der Waals surface area (Å²) in [5.41, 5.74) is 1.37. The molecule has 1 aromatic carbocycles. The van der Waals surface area contributed by atoms with Crippen molar-refractivity contribution in [3.8, 4) is 0 Å². The molecule has 0 bridgehead atoms. The molecule has 1 atom stereocenters. The summed E-state index contributed by atoms with van der Waals surface area (Å²) in [6, 6.07) is 6.99. The highest BCUT2D eigenvalue weighted by Crippen LogP contribution is 2.17. The van der Waals surface area contributed by atoms with Crippen molar-refractivity contribution >= 4 is 11.7 Å². The molecule has 1 fully saturated rings. The van der Waals surface area contributed by atoms with Crippen LogP contribution in [-0.4, -0.2) is 59.9 Å². The molecule has 0 spiro atoms. The summed E-state index contributed by atoms with van der Waals surface area (Å²) >= 11 is 0. The maximum absolute atomic E-state index is 10.8. The Morgan fingerprint density at radius 2 is 1.79 bits per heavy atom. The molecule has 1 aliphatic rings. The van der Waals surface area contributed by atoms with Crippen molar-refractivity contribution in [3.05, 3.63) is 29.8 Å². The van der Waals surface area contributed by atoms with E-state index in [0.29, 0.717) is 12.1 Å². The number of aliphatic hydroxyl groups excluding tert-OH is 1. The maximum atomic E-state index is 10.8. The van der Waals surface area contributed by atoms with Crippen LogP contribution in [0.4, 0.5) is 5.69 Å². The molecule has 0 aromatic heterocycles. The Labute approximate surface area is 113 Å². The largest absolute Gasteiger partial charge is 0.478 e. The van der Waals surface area contributed by atoms with E-state index in [1.54, 1.807) is 19.1 Å². The number of rotatable bonds is 4. The molecule has 0 aliphatic carbocycles. The smallest absolute Gasteiger partial charge is 0.335 e. The monoisotopic (exact) mass is 264 g/mol. The second-order valence-corrected chi connectivity index (χ2v) is 4.99. The lowest BCUT2D eigenvalue weighted by Gasteiger charge is -2.36. The van der Waals surface area contributed by atoms with Gasteiger partial charge in [-0.1, -0.05) is 0 Å². The van der Waals surface area contributed by atoms with Crippen LogP contribution in [0.5, 0.6) is 0 Å². The predicted octanol–water partition coefficient (Wildman–Crippen LogP) is 0.888. The molecule has 0 saturated carbocycles. The average molecular weight is 264 g/mol. The highest BCUT2D eigenvalue weighted by molar-refractivity contribution is 5.88. The summed E-state index contributed by atoms with van der Waals surface area (Å²) in [7, 11) is 0. The molecule has 0 amide bonds. The summed E-state index contributed by atoms with van der Waals surface area (Å²) in [6.07, 6.45) is -0.290. The molecule has 19 heavy (non-hydrogen) atoms. The maximum Gasteiger partial charge on any atom is 0.335 e. The van der Waals surface area contributed by atoms with Crippen LogP contribution in [0.1, 0.15) is 17.3 Å². The van der Waals surface area contributed by atoms with Crippen molar-refractivity contribution in [1.29, 1.82) is 0 Å². The van der Waals surface area contributed by atoms with Gasteiger partial charge in [-0.3, -0.25) is 4.90 Å². The van der Waals surface area contributed by atoms with E-state index in [0.717, 1.165) is 31.9 Å². The van der Waals surface area contributed by atoms with Crippen molar-refractivity contribution in [2.75, 3.05) is 37.6 Å². The minimum Gasteiger partial charge on any atom is -0.478 e. The standard InChI is InChI=1S/C14H20N2O3/c1-11(17)10-15-6-8-16(9-7-15)13-4-2-12(3-5-13)14(18)19/h2-5,11,17H,6-10H2,1H3,(H,18,19). The van der Waals surface area contributed by atoms with Crippen LogP contribution in [0.25, 0.3) is 0 Å². The minimum atomic E-state index is -0.895. The molecular weight excluding hydrogens is 244 g/mol. The van der Waals surface area contributed by atoms with Gasteiger partial charge in [0.25, 0.3) is 0 Å². The second kappa shape index (κ2) is 6.04.